The topological polar surface area (TPSA) is 53.9 Å². The van der Waals surface area contributed by atoms with Crippen LogP contribution in [-0.2, 0) is 16.1 Å². The Morgan fingerprint density at radius 2 is 2.12 bits per heavy atom. The van der Waals surface area contributed by atoms with E-state index in [4.69, 9.17) is 16.3 Å². The van der Waals surface area contributed by atoms with Gasteiger partial charge in [0.15, 0.2) is 5.96 Å². The molecule has 1 heterocycles. The maximum absolute atomic E-state index is 13.2. The summed E-state index contributed by atoms with van der Waals surface area (Å²) >= 11 is 5.78. The molecular weight excluding hydrogens is 448 g/mol. The van der Waals surface area contributed by atoms with Crippen LogP contribution in [0.4, 0.5) is 4.39 Å². The van der Waals surface area contributed by atoms with Gasteiger partial charge >= 0.3 is 5.97 Å². The Balaban J connectivity index is 0.00000288. The smallest absolute Gasteiger partial charge is 0.308 e. The fourth-order valence-electron chi connectivity index (χ4n) is 2.66. The van der Waals surface area contributed by atoms with E-state index in [0.29, 0.717) is 6.54 Å². The molecule has 2 rings (SSSR count). The minimum absolute atomic E-state index is 0. The number of hydrogen-bond donors (Lipinski definition) is 1. The van der Waals surface area contributed by atoms with Gasteiger partial charge in [-0.2, -0.15) is 0 Å². The summed E-state index contributed by atoms with van der Waals surface area (Å²) in [6.45, 7) is 1.98. The molecule has 24 heavy (non-hydrogen) atoms. The van der Waals surface area contributed by atoms with E-state index >= 15 is 0 Å². The fraction of sp³-hybridized carbons (Fsp3) is 0.500. The molecule has 8 heteroatoms. The summed E-state index contributed by atoms with van der Waals surface area (Å²) in [6.07, 6.45) is 1.49. The number of carbonyl (C=O) groups excluding carboxylic acids is 1. The number of nitrogens with one attached hydrogen (secondary N) is 1. The quantitative estimate of drug-likeness (QED) is 0.320. The van der Waals surface area contributed by atoms with Crippen molar-refractivity contribution in [3.05, 3.63) is 34.6 Å². The number of methoxy groups -OCH3 is 1. The normalized spacial score (nSPS) is 15.7. The molecule has 1 N–H and O–H groups in total. The van der Waals surface area contributed by atoms with Crippen molar-refractivity contribution in [3.8, 4) is 0 Å². The van der Waals surface area contributed by atoms with Crippen molar-refractivity contribution < 1.29 is 13.9 Å². The van der Waals surface area contributed by atoms with Crippen molar-refractivity contribution in [2.45, 2.75) is 19.4 Å². The van der Waals surface area contributed by atoms with Gasteiger partial charge in [0, 0.05) is 26.7 Å². The zero-order valence-corrected chi connectivity index (χ0v) is 16.8. The number of guanidine groups is 1. The Bertz CT molecular complexity index is 593. The number of piperidine rings is 1. The second kappa shape index (κ2) is 10.0. The van der Waals surface area contributed by atoms with Gasteiger partial charge in [-0.3, -0.25) is 9.79 Å². The van der Waals surface area contributed by atoms with Gasteiger partial charge in [0.2, 0.25) is 0 Å². The third-order valence-corrected chi connectivity index (χ3v) is 4.27. The number of ether oxygens (including phenoxy) is 1. The zero-order chi connectivity index (χ0) is 16.8. The summed E-state index contributed by atoms with van der Waals surface area (Å²) in [4.78, 5) is 17.9. The van der Waals surface area contributed by atoms with Crippen molar-refractivity contribution in [1.82, 2.24) is 10.2 Å². The summed E-state index contributed by atoms with van der Waals surface area (Å²) in [5, 5.41) is 3.35. The second-order valence-corrected chi connectivity index (χ2v) is 5.84. The average Bonchev–Trinajstić information content (AvgIpc) is 2.58. The molecule has 1 aliphatic rings. The van der Waals surface area contributed by atoms with Gasteiger partial charge in [-0.25, -0.2) is 4.39 Å². The lowest BCUT2D eigenvalue weighted by atomic mass is 9.97. The van der Waals surface area contributed by atoms with Crippen LogP contribution >= 0.6 is 35.6 Å². The molecule has 0 radical (unpaired) electrons. The largest absolute Gasteiger partial charge is 0.469 e. The molecule has 0 spiro atoms. The number of nitrogens with zero attached hydrogens (tertiary/aromatic N) is 2. The van der Waals surface area contributed by atoms with E-state index < -0.39 is 5.82 Å². The first-order valence-electron chi connectivity index (χ1n) is 7.52. The summed E-state index contributed by atoms with van der Waals surface area (Å²) in [6, 6.07) is 4.63. The summed E-state index contributed by atoms with van der Waals surface area (Å²) in [5.41, 5.74) is 0.877. The standard InChI is InChI=1S/C16H21ClFN3O2.HI/c1-19-16(20-10-11-3-4-14(18)13(17)9-11)21-7-5-12(6-8-21)15(22)23-2;/h3-4,9,12H,5-8,10H2,1-2H3,(H,19,20);1H. The number of likely N-dealkylation sites (tertiary alicyclic amines) is 1. The summed E-state index contributed by atoms with van der Waals surface area (Å²) in [5.74, 6) is 0.150. The van der Waals surface area contributed by atoms with Crippen LogP contribution in [0.3, 0.4) is 0 Å². The van der Waals surface area contributed by atoms with Crippen LogP contribution < -0.4 is 5.32 Å². The molecule has 0 saturated carbocycles. The molecule has 5 nitrogen and oxygen atoms in total. The third-order valence-electron chi connectivity index (χ3n) is 3.98. The minimum Gasteiger partial charge on any atom is -0.469 e. The number of halogens is 3. The number of carbonyl (C=O) groups is 1. The van der Waals surface area contributed by atoms with Crippen molar-refractivity contribution in [1.29, 1.82) is 0 Å². The summed E-state index contributed by atoms with van der Waals surface area (Å²) in [7, 11) is 3.13. The first-order valence-corrected chi connectivity index (χ1v) is 7.90. The molecule has 0 aliphatic carbocycles. The lowest BCUT2D eigenvalue weighted by Gasteiger charge is -2.33. The first kappa shape index (κ1) is 21.0. The second-order valence-electron chi connectivity index (χ2n) is 5.43. The van der Waals surface area contributed by atoms with Gasteiger partial charge in [-0.15, -0.1) is 24.0 Å². The number of rotatable bonds is 3. The van der Waals surface area contributed by atoms with Crippen LogP contribution in [-0.4, -0.2) is 44.1 Å². The van der Waals surface area contributed by atoms with E-state index in [1.165, 1.54) is 13.2 Å². The van der Waals surface area contributed by atoms with Crippen molar-refractivity contribution >= 4 is 47.5 Å². The van der Waals surface area contributed by atoms with Gasteiger partial charge in [0.05, 0.1) is 18.1 Å². The highest BCUT2D eigenvalue weighted by molar-refractivity contribution is 14.0. The van der Waals surface area contributed by atoms with Crippen LogP contribution in [0, 0.1) is 11.7 Å². The van der Waals surface area contributed by atoms with Gasteiger partial charge in [0.1, 0.15) is 5.82 Å². The molecular formula is C16H22ClFIN3O2. The molecule has 1 aromatic rings. The predicted octanol–water partition coefficient (Wildman–Crippen LogP) is 3.06. The molecule has 1 aromatic carbocycles. The Labute approximate surface area is 163 Å². The molecule has 1 fully saturated rings. The zero-order valence-electron chi connectivity index (χ0n) is 13.7. The molecule has 1 aliphatic heterocycles. The number of esters is 1. The SMILES string of the molecule is CN=C(NCc1ccc(F)c(Cl)c1)N1CCC(C(=O)OC)CC1.I. The highest BCUT2D eigenvalue weighted by Crippen LogP contribution is 2.19. The van der Waals surface area contributed by atoms with E-state index in [9.17, 15) is 9.18 Å². The van der Waals surface area contributed by atoms with Crippen molar-refractivity contribution in [2.24, 2.45) is 10.9 Å². The Hall–Kier alpha value is -1.09. The van der Waals surface area contributed by atoms with Gasteiger partial charge in [-0.05, 0) is 30.5 Å². The van der Waals surface area contributed by atoms with E-state index in [-0.39, 0.29) is 40.9 Å². The maximum atomic E-state index is 13.2. The van der Waals surface area contributed by atoms with Gasteiger partial charge in [0.25, 0.3) is 0 Å². The Morgan fingerprint density at radius 1 is 1.46 bits per heavy atom. The summed E-state index contributed by atoms with van der Waals surface area (Å²) < 4.78 is 18.0. The molecule has 134 valence electrons. The molecule has 0 amide bonds. The molecule has 0 atom stereocenters. The Kier molecular flexibility index (Phi) is 8.75. The van der Waals surface area contributed by atoms with Crippen LogP contribution in [0.2, 0.25) is 5.02 Å². The van der Waals surface area contributed by atoms with Crippen LogP contribution in [0.15, 0.2) is 23.2 Å². The number of benzene rings is 1. The molecule has 0 aromatic heterocycles. The van der Waals surface area contributed by atoms with Crippen LogP contribution in [0.1, 0.15) is 18.4 Å². The molecule has 1 saturated heterocycles. The Morgan fingerprint density at radius 3 is 2.67 bits per heavy atom. The third kappa shape index (κ3) is 5.47. The van der Waals surface area contributed by atoms with Gasteiger partial charge < -0.3 is 15.0 Å². The number of aliphatic imine (C=N–C) groups is 1. The fourth-order valence-corrected chi connectivity index (χ4v) is 2.86. The number of hydrogen-bond acceptors (Lipinski definition) is 3. The minimum atomic E-state index is -0.426. The average molecular weight is 470 g/mol. The lowest BCUT2D eigenvalue weighted by molar-refractivity contribution is -0.146. The van der Waals surface area contributed by atoms with E-state index in [1.54, 1.807) is 19.2 Å². The maximum Gasteiger partial charge on any atom is 0.308 e. The highest BCUT2D eigenvalue weighted by Gasteiger charge is 2.26. The molecule has 0 unspecified atom stereocenters. The van der Waals surface area contributed by atoms with Crippen LogP contribution in [0.25, 0.3) is 0 Å². The van der Waals surface area contributed by atoms with Crippen molar-refractivity contribution in [3.63, 3.8) is 0 Å². The lowest BCUT2D eigenvalue weighted by Crippen LogP contribution is -2.46. The van der Waals surface area contributed by atoms with Crippen molar-refractivity contribution in [2.75, 3.05) is 27.2 Å². The van der Waals surface area contributed by atoms with E-state index in [2.05, 4.69) is 15.2 Å². The predicted molar refractivity (Wildman–Crippen MR) is 103 cm³/mol. The van der Waals surface area contributed by atoms with Crippen LogP contribution in [0.5, 0.6) is 0 Å². The monoisotopic (exact) mass is 469 g/mol. The van der Waals surface area contributed by atoms with Gasteiger partial charge in [-0.1, -0.05) is 17.7 Å². The first-order chi connectivity index (χ1) is 11.0. The highest BCUT2D eigenvalue weighted by atomic mass is 127. The molecule has 0 bridgehead atoms. The van der Waals surface area contributed by atoms with E-state index in [0.717, 1.165) is 37.5 Å². The van der Waals surface area contributed by atoms with E-state index in [1.807, 2.05) is 0 Å².